The Morgan fingerprint density at radius 1 is 1.33 bits per heavy atom. The molecule has 0 fully saturated rings. The normalized spacial score (nSPS) is 11.4. The van der Waals surface area contributed by atoms with Gasteiger partial charge in [0.25, 0.3) is 10.0 Å². The third-order valence-electron chi connectivity index (χ3n) is 2.50. The highest BCUT2D eigenvalue weighted by Gasteiger charge is 2.18. The van der Waals surface area contributed by atoms with Crippen molar-refractivity contribution in [2.75, 3.05) is 10.5 Å². The lowest BCUT2D eigenvalue weighted by Gasteiger charge is -2.10. The highest BCUT2D eigenvalue weighted by atomic mass is 32.2. The third kappa shape index (κ3) is 2.30. The van der Waals surface area contributed by atoms with E-state index in [2.05, 4.69) is 9.82 Å². The van der Waals surface area contributed by atoms with E-state index in [1.165, 1.54) is 16.9 Å². The standard InChI is InChI=1S/C11H14N4O2S/c1-8-3-4-10(9(12)7-8)14-18(16,17)11-5-6-13-15(11)2/h3-7,14H,12H2,1-2H3. The molecule has 0 amide bonds. The van der Waals surface area contributed by atoms with E-state index in [-0.39, 0.29) is 5.03 Å². The first kappa shape index (κ1) is 12.4. The molecule has 0 saturated heterocycles. The van der Waals surface area contributed by atoms with Gasteiger partial charge >= 0.3 is 0 Å². The zero-order valence-electron chi connectivity index (χ0n) is 10.1. The van der Waals surface area contributed by atoms with Gasteiger partial charge in [0.2, 0.25) is 0 Å². The number of rotatable bonds is 3. The summed E-state index contributed by atoms with van der Waals surface area (Å²) < 4.78 is 27.9. The number of nitrogen functional groups attached to an aromatic ring is 1. The summed E-state index contributed by atoms with van der Waals surface area (Å²) in [5.74, 6) is 0. The van der Waals surface area contributed by atoms with Crippen LogP contribution in [0.2, 0.25) is 0 Å². The van der Waals surface area contributed by atoms with Crippen LogP contribution in [0.15, 0.2) is 35.5 Å². The molecule has 1 heterocycles. The molecular formula is C11H14N4O2S. The Balaban J connectivity index is 2.37. The number of aryl methyl sites for hydroxylation is 2. The molecule has 0 spiro atoms. The summed E-state index contributed by atoms with van der Waals surface area (Å²) >= 11 is 0. The van der Waals surface area contributed by atoms with Crippen LogP contribution in [0.3, 0.4) is 0 Å². The van der Waals surface area contributed by atoms with E-state index >= 15 is 0 Å². The van der Waals surface area contributed by atoms with Crippen LogP contribution >= 0.6 is 0 Å². The molecule has 0 atom stereocenters. The van der Waals surface area contributed by atoms with Gasteiger partial charge < -0.3 is 5.73 Å². The number of nitrogens with zero attached hydrogens (tertiary/aromatic N) is 2. The van der Waals surface area contributed by atoms with E-state index in [1.807, 2.05) is 6.92 Å². The van der Waals surface area contributed by atoms with Crippen LogP contribution in [0, 0.1) is 6.92 Å². The summed E-state index contributed by atoms with van der Waals surface area (Å²) in [6.07, 6.45) is 1.42. The van der Waals surface area contributed by atoms with Crippen molar-refractivity contribution < 1.29 is 8.42 Å². The molecule has 2 aromatic rings. The van der Waals surface area contributed by atoms with Gasteiger partial charge in [-0.2, -0.15) is 13.5 Å². The number of aromatic nitrogens is 2. The first-order chi connectivity index (χ1) is 8.40. The molecule has 7 heteroatoms. The van der Waals surface area contributed by atoms with Gasteiger partial charge in [0, 0.05) is 7.05 Å². The van der Waals surface area contributed by atoms with Crippen LogP contribution < -0.4 is 10.5 Å². The lowest BCUT2D eigenvalue weighted by molar-refractivity contribution is 0.582. The Hall–Kier alpha value is -2.02. The van der Waals surface area contributed by atoms with Crippen molar-refractivity contribution in [2.45, 2.75) is 11.9 Å². The fraction of sp³-hybridized carbons (Fsp3) is 0.182. The molecule has 0 aliphatic rings. The smallest absolute Gasteiger partial charge is 0.279 e. The molecule has 0 aliphatic carbocycles. The summed E-state index contributed by atoms with van der Waals surface area (Å²) in [5.41, 5.74) is 7.49. The van der Waals surface area contributed by atoms with Crippen molar-refractivity contribution >= 4 is 21.4 Å². The van der Waals surface area contributed by atoms with E-state index in [1.54, 1.807) is 25.2 Å². The predicted octanol–water partition coefficient (Wildman–Crippen LogP) is 1.11. The van der Waals surface area contributed by atoms with Crippen LogP contribution in [0.5, 0.6) is 0 Å². The van der Waals surface area contributed by atoms with Crippen molar-refractivity contribution in [2.24, 2.45) is 7.05 Å². The van der Waals surface area contributed by atoms with Crippen LogP contribution in [0.1, 0.15) is 5.56 Å². The largest absolute Gasteiger partial charge is 0.397 e. The van der Waals surface area contributed by atoms with Gasteiger partial charge in [-0.25, -0.2) is 0 Å². The van der Waals surface area contributed by atoms with Gasteiger partial charge in [-0.1, -0.05) is 6.07 Å². The van der Waals surface area contributed by atoms with Gasteiger partial charge in [0.05, 0.1) is 17.6 Å². The zero-order chi connectivity index (χ0) is 13.3. The summed E-state index contributed by atoms with van der Waals surface area (Å²) in [5, 5.41) is 3.91. The van der Waals surface area contributed by atoms with Crippen LogP contribution in [-0.2, 0) is 17.1 Å². The maximum absolute atomic E-state index is 12.1. The number of hydrogen-bond acceptors (Lipinski definition) is 4. The van der Waals surface area contributed by atoms with Gasteiger partial charge in [0.15, 0.2) is 5.03 Å². The zero-order valence-corrected chi connectivity index (χ0v) is 10.9. The minimum atomic E-state index is -3.67. The summed E-state index contributed by atoms with van der Waals surface area (Å²) in [6, 6.07) is 6.56. The van der Waals surface area contributed by atoms with E-state index < -0.39 is 10.0 Å². The fourth-order valence-electron chi connectivity index (χ4n) is 1.60. The highest BCUT2D eigenvalue weighted by molar-refractivity contribution is 7.92. The van der Waals surface area contributed by atoms with Gasteiger partial charge in [-0.15, -0.1) is 0 Å². The van der Waals surface area contributed by atoms with Crippen LogP contribution in [-0.4, -0.2) is 18.2 Å². The highest BCUT2D eigenvalue weighted by Crippen LogP contribution is 2.22. The van der Waals surface area contributed by atoms with E-state index in [9.17, 15) is 8.42 Å². The molecule has 0 bridgehead atoms. The molecular weight excluding hydrogens is 252 g/mol. The van der Waals surface area contributed by atoms with Crippen LogP contribution in [0.4, 0.5) is 11.4 Å². The van der Waals surface area contributed by atoms with Crippen molar-refractivity contribution in [1.29, 1.82) is 0 Å². The molecule has 6 nitrogen and oxygen atoms in total. The topological polar surface area (TPSA) is 90.0 Å². The summed E-state index contributed by atoms with van der Waals surface area (Å²) in [4.78, 5) is 0. The Morgan fingerprint density at radius 3 is 2.61 bits per heavy atom. The first-order valence-electron chi connectivity index (χ1n) is 5.27. The molecule has 18 heavy (non-hydrogen) atoms. The third-order valence-corrected chi connectivity index (χ3v) is 3.94. The second kappa shape index (κ2) is 4.34. The van der Waals surface area contributed by atoms with E-state index in [0.29, 0.717) is 11.4 Å². The van der Waals surface area contributed by atoms with Crippen molar-refractivity contribution in [3.05, 3.63) is 36.0 Å². The number of anilines is 2. The second-order valence-electron chi connectivity index (χ2n) is 3.99. The maximum atomic E-state index is 12.1. The Morgan fingerprint density at radius 2 is 2.06 bits per heavy atom. The minimum absolute atomic E-state index is 0.0856. The first-order valence-corrected chi connectivity index (χ1v) is 6.75. The SMILES string of the molecule is Cc1ccc(NS(=O)(=O)c2ccnn2C)c(N)c1. The summed E-state index contributed by atoms with van der Waals surface area (Å²) in [6.45, 7) is 1.88. The summed E-state index contributed by atoms with van der Waals surface area (Å²) in [7, 11) is -2.10. The minimum Gasteiger partial charge on any atom is -0.397 e. The van der Waals surface area contributed by atoms with Crippen molar-refractivity contribution in [3.8, 4) is 0 Å². The molecule has 1 aromatic carbocycles. The lowest BCUT2D eigenvalue weighted by atomic mass is 10.2. The molecule has 96 valence electrons. The van der Waals surface area contributed by atoms with E-state index in [0.717, 1.165) is 5.56 Å². The molecule has 1 aromatic heterocycles. The van der Waals surface area contributed by atoms with Gasteiger partial charge in [0.1, 0.15) is 0 Å². The molecule has 0 radical (unpaired) electrons. The lowest BCUT2D eigenvalue weighted by Crippen LogP contribution is -2.17. The number of benzene rings is 1. The number of nitrogens with one attached hydrogen (secondary N) is 1. The van der Waals surface area contributed by atoms with Gasteiger partial charge in [-0.3, -0.25) is 9.40 Å². The van der Waals surface area contributed by atoms with Crippen molar-refractivity contribution in [3.63, 3.8) is 0 Å². The maximum Gasteiger partial charge on any atom is 0.279 e. The van der Waals surface area contributed by atoms with Crippen molar-refractivity contribution in [1.82, 2.24) is 9.78 Å². The Bertz CT molecular complexity index is 676. The molecule has 0 unspecified atom stereocenters. The average Bonchev–Trinajstić information content (AvgIpc) is 2.69. The average molecular weight is 266 g/mol. The molecule has 0 aliphatic heterocycles. The fourth-order valence-corrected chi connectivity index (χ4v) is 2.81. The number of nitrogens with two attached hydrogens (primary N) is 1. The van der Waals surface area contributed by atoms with Gasteiger partial charge in [-0.05, 0) is 30.7 Å². The Labute approximate surface area is 105 Å². The molecule has 0 saturated carbocycles. The quantitative estimate of drug-likeness (QED) is 0.814. The monoisotopic (exact) mass is 266 g/mol. The molecule has 3 N–H and O–H groups in total. The predicted molar refractivity (Wildman–Crippen MR) is 69.6 cm³/mol. The molecule has 2 rings (SSSR count). The number of sulfonamides is 1. The Kier molecular flexibility index (Phi) is 3.00. The van der Waals surface area contributed by atoms with Crippen LogP contribution in [0.25, 0.3) is 0 Å². The second-order valence-corrected chi connectivity index (χ2v) is 5.62. The number of hydrogen-bond donors (Lipinski definition) is 2. The van der Waals surface area contributed by atoms with E-state index in [4.69, 9.17) is 5.73 Å².